The molecule has 1 atom stereocenters. The van der Waals surface area contributed by atoms with Crippen LogP contribution in [-0.4, -0.2) is 23.9 Å². The highest BCUT2D eigenvalue weighted by molar-refractivity contribution is 5.82. The Labute approximate surface area is 120 Å². The molecule has 1 aromatic carbocycles. The van der Waals surface area contributed by atoms with Crippen molar-refractivity contribution < 1.29 is 4.79 Å². The van der Waals surface area contributed by atoms with Gasteiger partial charge in [-0.25, -0.2) is 5.84 Å². The Bertz CT molecular complexity index is 440. The van der Waals surface area contributed by atoms with E-state index in [1.54, 1.807) is 0 Å². The van der Waals surface area contributed by atoms with Gasteiger partial charge in [-0.2, -0.15) is 0 Å². The van der Waals surface area contributed by atoms with Gasteiger partial charge in [-0.15, -0.1) is 0 Å². The zero-order chi connectivity index (χ0) is 13.9. The maximum atomic E-state index is 12.3. The van der Waals surface area contributed by atoms with Gasteiger partial charge in [0.2, 0.25) is 0 Å². The van der Waals surface area contributed by atoms with E-state index in [1.807, 2.05) is 30.3 Å². The van der Waals surface area contributed by atoms with Crippen molar-refractivity contribution in [2.24, 2.45) is 17.7 Å². The second kappa shape index (κ2) is 5.94. The number of rotatable bonds is 7. The number of benzene rings is 1. The van der Waals surface area contributed by atoms with Crippen LogP contribution in [0.2, 0.25) is 0 Å². The van der Waals surface area contributed by atoms with Gasteiger partial charge in [-0.3, -0.25) is 15.1 Å². The van der Waals surface area contributed by atoms with E-state index in [9.17, 15) is 4.79 Å². The largest absolute Gasteiger partial charge is 0.293 e. The van der Waals surface area contributed by atoms with Crippen LogP contribution in [-0.2, 0) is 4.79 Å². The standard InChI is InChI=1S/C16H23N3O/c17-18-16(20)15(14-4-2-1-3-5-14)19(10-12-6-7-12)11-13-8-9-13/h1-5,12-13,15H,6-11,17H2,(H,18,20). The summed E-state index contributed by atoms with van der Waals surface area (Å²) >= 11 is 0. The Morgan fingerprint density at radius 1 is 1.15 bits per heavy atom. The van der Waals surface area contributed by atoms with Crippen molar-refractivity contribution in [1.29, 1.82) is 0 Å². The van der Waals surface area contributed by atoms with Crippen molar-refractivity contribution in [3.05, 3.63) is 35.9 Å². The third kappa shape index (κ3) is 3.38. The molecule has 4 heteroatoms. The van der Waals surface area contributed by atoms with Gasteiger partial charge < -0.3 is 0 Å². The van der Waals surface area contributed by atoms with Gasteiger partial charge >= 0.3 is 0 Å². The molecule has 0 heterocycles. The fourth-order valence-corrected chi connectivity index (χ4v) is 2.79. The molecule has 0 aromatic heterocycles. The van der Waals surface area contributed by atoms with Gasteiger partial charge in [0.05, 0.1) is 0 Å². The molecule has 2 aliphatic rings. The van der Waals surface area contributed by atoms with E-state index in [0.717, 1.165) is 30.5 Å². The van der Waals surface area contributed by atoms with Gasteiger partial charge in [0, 0.05) is 13.1 Å². The zero-order valence-corrected chi connectivity index (χ0v) is 11.8. The summed E-state index contributed by atoms with van der Waals surface area (Å²) in [7, 11) is 0. The van der Waals surface area contributed by atoms with Gasteiger partial charge in [0.15, 0.2) is 0 Å². The number of nitrogens with two attached hydrogens (primary N) is 1. The molecular weight excluding hydrogens is 250 g/mol. The van der Waals surface area contributed by atoms with Crippen molar-refractivity contribution in [1.82, 2.24) is 10.3 Å². The van der Waals surface area contributed by atoms with Crippen molar-refractivity contribution >= 4 is 5.91 Å². The lowest BCUT2D eigenvalue weighted by molar-refractivity contribution is -0.127. The summed E-state index contributed by atoms with van der Waals surface area (Å²) in [5.74, 6) is 6.85. The summed E-state index contributed by atoms with van der Waals surface area (Å²) in [4.78, 5) is 14.6. The smallest absolute Gasteiger partial charge is 0.255 e. The van der Waals surface area contributed by atoms with Gasteiger partial charge in [0.1, 0.15) is 6.04 Å². The van der Waals surface area contributed by atoms with Gasteiger partial charge in [-0.05, 0) is 43.1 Å². The monoisotopic (exact) mass is 273 g/mol. The van der Waals surface area contributed by atoms with Crippen LogP contribution in [0.3, 0.4) is 0 Å². The van der Waals surface area contributed by atoms with Gasteiger partial charge in [-0.1, -0.05) is 30.3 Å². The highest BCUT2D eigenvalue weighted by atomic mass is 16.2. The summed E-state index contributed by atoms with van der Waals surface area (Å²) < 4.78 is 0. The zero-order valence-electron chi connectivity index (χ0n) is 11.8. The predicted octanol–water partition coefficient (Wildman–Crippen LogP) is 1.84. The number of hydrogen-bond acceptors (Lipinski definition) is 3. The SMILES string of the molecule is NNC(=O)C(c1ccccc1)N(CC1CC1)CC1CC1. The van der Waals surface area contributed by atoms with Gasteiger partial charge in [0.25, 0.3) is 5.91 Å². The number of nitrogens with zero attached hydrogens (tertiary/aromatic N) is 1. The van der Waals surface area contributed by atoms with E-state index in [1.165, 1.54) is 25.7 Å². The minimum atomic E-state index is -0.248. The Morgan fingerprint density at radius 3 is 2.15 bits per heavy atom. The first-order chi connectivity index (χ1) is 9.78. The molecule has 1 aromatic rings. The molecule has 0 spiro atoms. The molecule has 1 unspecified atom stereocenters. The highest BCUT2D eigenvalue weighted by Gasteiger charge is 2.35. The molecule has 1 amide bonds. The van der Waals surface area contributed by atoms with Crippen molar-refractivity contribution in [2.75, 3.05) is 13.1 Å². The number of nitrogens with one attached hydrogen (secondary N) is 1. The van der Waals surface area contributed by atoms with Crippen molar-refractivity contribution in [2.45, 2.75) is 31.7 Å². The Kier molecular flexibility index (Phi) is 4.03. The third-order valence-electron chi connectivity index (χ3n) is 4.25. The van der Waals surface area contributed by atoms with Crippen LogP contribution in [0.4, 0.5) is 0 Å². The molecule has 4 nitrogen and oxygen atoms in total. The molecule has 0 saturated heterocycles. The number of amides is 1. The quantitative estimate of drug-likeness (QED) is 0.453. The van der Waals surface area contributed by atoms with Crippen molar-refractivity contribution in [3.63, 3.8) is 0 Å². The van der Waals surface area contributed by atoms with Crippen LogP contribution in [0.1, 0.15) is 37.3 Å². The minimum absolute atomic E-state index is 0.0995. The number of carbonyl (C=O) groups excluding carboxylic acids is 1. The number of hydrazine groups is 1. The molecule has 0 aliphatic heterocycles. The molecular formula is C16H23N3O. The summed E-state index contributed by atoms with van der Waals surface area (Å²) in [5.41, 5.74) is 3.39. The Balaban J connectivity index is 1.81. The normalized spacial score (nSPS) is 19.9. The molecule has 0 bridgehead atoms. The fourth-order valence-electron chi connectivity index (χ4n) is 2.79. The van der Waals surface area contributed by atoms with E-state index < -0.39 is 0 Å². The minimum Gasteiger partial charge on any atom is -0.293 e. The summed E-state index contributed by atoms with van der Waals surface area (Å²) in [6.07, 6.45) is 5.19. The molecule has 108 valence electrons. The number of hydrogen-bond donors (Lipinski definition) is 2. The summed E-state index contributed by atoms with van der Waals surface area (Å²) in [5, 5.41) is 0. The lowest BCUT2D eigenvalue weighted by Gasteiger charge is -2.30. The molecule has 3 N–H and O–H groups in total. The first-order valence-electron chi connectivity index (χ1n) is 7.57. The maximum Gasteiger partial charge on any atom is 0.255 e. The van der Waals surface area contributed by atoms with E-state index in [4.69, 9.17) is 5.84 Å². The Hall–Kier alpha value is -1.39. The third-order valence-corrected chi connectivity index (χ3v) is 4.25. The lowest BCUT2D eigenvalue weighted by Crippen LogP contribution is -2.44. The van der Waals surface area contributed by atoms with E-state index in [2.05, 4.69) is 10.3 Å². The van der Waals surface area contributed by atoms with Crippen LogP contribution >= 0.6 is 0 Å². The van der Waals surface area contributed by atoms with Crippen LogP contribution in [0, 0.1) is 11.8 Å². The highest BCUT2D eigenvalue weighted by Crippen LogP contribution is 2.37. The average Bonchev–Trinajstić information content (AvgIpc) is 3.36. The Morgan fingerprint density at radius 2 is 1.70 bits per heavy atom. The molecule has 20 heavy (non-hydrogen) atoms. The lowest BCUT2D eigenvalue weighted by atomic mass is 10.0. The molecule has 2 saturated carbocycles. The van der Waals surface area contributed by atoms with E-state index in [-0.39, 0.29) is 11.9 Å². The second-order valence-electron chi connectivity index (χ2n) is 6.16. The van der Waals surface area contributed by atoms with Crippen molar-refractivity contribution in [3.8, 4) is 0 Å². The van der Waals surface area contributed by atoms with E-state index in [0.29, 0.717) is 0 Å². The molecule has 0 radical (unpaired) electrons. The van der Waals surface area contributed by atoms with Crippen LogP contribution < -0.4 is 11.3 Å². The molecule has 2 fully saturated rings. The first-order valence-corrected chi connectivity index (χ1v) is 7.57. The number of carbonyl (C=O) groups is 1. The van der Waals surface area contributed by atoms with Crippen LogP contribution in [0.15, 0.2) is 30.3 Å². The maximum absolute atomic E-state index is 12.3. The molecule has 3 rings (SSSR count). The topological polar surface area (TPSA) is 58.4 Å². The first kappa shape index (κ1) is 13.6. The summed E-state index contributed by atoms with van der Waals surface area (Å²) in [6.45, 7) is 2.03. The second-order valence-corrected chi connectivity index (χ2v) is 6.16. The van der Waals surface area contributed by atoms with E-state index >= 15 is 0 Å². The molecule has 2 aliphatic carbocycles. The van der Waals surface area contributed by atoms with Crippen LogP contribution in [0.5, 0.6) is 0 Å². The summed E-state index contributed by atoms with van der Waals surface area (Å²) in [6, 6.07) is 9.74. The average molecular weight is 273 g/mol. The fraction of sp³-hybridized carbons (Fsp3) is 0.562. The predicted molar refractivity (Wildman–Crippen MR) is 78.5 cm³/mol. The van der Waals surface area contributed by atoms with Crippen LogP contribution in [0.25, 0.3) is 0 Å².